The maximum Gasteiger partial charge on any atom is 0.193 e. The Labute approximate surface area is 115 Å². The van der Waals surface area contributed by atoms with E-state index in [1.165, 1.54) is 5.57 Å². The van der Waals surface area contributed by atoms with Crippen molar-refractivity contribution in [1.29, 1.82) is 0 Å². The van der Waals surface area contributed by atoms with Gasteiger partial charge in [-0.25, -0.2) is 0 Å². The summed E-state index contributed by atoms with van der Waals surface area (Å²) in [6.45, 7) is 8.79. The summed E-state index contributed by atoms with van der Waals surface area (Å²) in [5.41, 5.74) is 1.30. The Bertz CT molecular complexity index is 255. The second-order valence-electron chi connectivity index (χ2n) is 4.18. The third-order valence-corrected chi connectivity index (χ3v) is 8.92. The largest absolute Gasteiger partial charge is 0.403 e. The van der Waals surface area contributed by atoms with Gasteiger partial charge in [-0.2, -0.15) is 0 Å². The van der Waals surface area contributed by atoms with Crippen LogP contribution in [0.1, 0.15) is 34.1 Å². The Hall–Kier alpha value is 0.207. The summed E-state index contributed by atoms with van der Waals surface area (Å²) < 4.78 is 8.35. The molecule has 0 N–H and O–H groups in total. The van der Waals surface area contributed by atoms with Crippen molar-refractivity contribution in [3.8, 4) is 12.3 Å². The first-order valence-corrected chi connectivity index (χ1v) is 9.74. The minimum absolute atomic E-state index is 0.0301. The van der Waals surface area contributed by atoms with E-state index < -0.39 is 8.32 Å². The first kappa shape index (κ1) is 16.2. The van der Waals surface area contributed by atoms with Crippen LogP contribution in [0.2, 0.25) is 18.1 Å². The SMILES string of the molecule is C#C[C@H](CC(C)=CI)O[Si](CC)(CC)CC. The molecule has 0 unspecified atom stereocenters. The van der Waals surface area contributed by atoms with Crippen molar-refractivity contribution >= 4 is 30.9 Å². The number of rotatable bonds is 7. The average molecular weight is 350 g/mol. The molecule has 0 rings (SSSR count). The van der Waals surface area contributed by atoms with Crippen LogP contribution < -0.4 is 0 Å². The summed E-state index contributed by atoms with van der Waals surface area (Å²) in [7, 11) is -1.55. The van der Waals surface area contributed by atoms with Crippen LogP contribution >= 0.6 is 22.6 Å². The van der Waals surface area contributed by atoms with Gasteiger partial charge in [0.2, 0.25) is 0 Å². The lowest BCUT2D eigenvalue weighted by Gasteiger charge is -2.31. The fourth-order valence-electron chi connectivity index (χ4n) is 1.77. The predicted molar refractivity (Wildman–Crippen MR) is 83.3 cm³/mol. The molecule has 0 heterocycles. The van der Waals surface area contributed by atoms with E-state index in [-0.39, 0.29) is 6.10 Å². The van der Waals surface area contributed by atoms with Gasteiger partial charge >= 0.3 is 0 Å². The van der Waals surface area contributed by atoms with E-state index in [1.807, 2.05) is 0 Å². The lowest BCUT2D eigenvalue weighted by atomic mass is 10.2. The molecule has 0 aliphatic carbocycles. The molecule has 0 amide bonds. The molecule has 1 nitrogen and oxygen atoms in total. The molecule has 0 aromatic heterocycles. The molecule has 0 saturated carbocycles. The zero-order chi connectivity index (χ0) is 12.6. The van der Waals surface area contributed by atoms with E-state index in [4.69, 9.17) is 10.8 Å². The minimum atomic E-state index is -1.55. The molecule has 0 radical (unpaired) electrons. The first-order chi connectivity index (χ1) is 7.57. The fraction of sp³-hybridized carbons (Fsp3) is 0.692. The minimum Gasteiger partial charge on any atom is -0.403 e. The molecule has 0 aromatic carbocycles. The summed E-state index contributed by atoms with van der Waals surface area (Å²) in [6.07, 6.45) is 6.40. The van der Waals surface area contributed by atoms with Gasteiger partial charge in [-0.15, -0.1) is 6.42 Å². The van der Waals surface area contributed by atoms with Crippen LogP contribution in [-0.2, 0) is 4.43 Å². The molecule has 0 aliphatic rings. The number of hydrogen-bond donors (Lipinski definition) is 0. The molecule has 3 heteroatoms. The second kappa shape index (κ2) is 8.32. The lowest BCUT2D eigenvalue weighted by Crippen LogP contribution is -2.39. The highest BCUT2D eigenvalue weighted by atomic mass is 127. The molecule has 0 aliphatic heterocycles. The zero-order valence-corrected chi connectivity index (χ0v) is 14.0. The van der Waals surface area contributed by atoms with Crippen molar-refractivity contribution in [3.05, 3.63) is 9.66 Å². The third kappa shape index (κ3) is 5.02. The van der Waals surface area contributed by atoms with E-state index in [2.05, 4.69) is 60.3 Å². The van der Waals surface area contributed by atoms with Gasteiger partial charge in [-0.05, 0) is 29.1 Å². The first-order valence-electron chi connectivity index (χ1n) is 5.97. The maximum absolute atomic E-state index is 6.27. The van der Waals surface area contributed by atoms with E-state index in [1.54, 1.807) is 0 Å². The van der Waals surface area contributed by atoms with Crippen molar-refractivity contribution in [2.45, 2.75) is 58.4 Å². The normalized spacial score (nSPS) is 14.6. The van der Waals surface area contributed by atoms with Gasteiger partial charge in [0.15, 0.2) is 8.32 Å². The van der Waals surface area contributed by atoms with Crippen LogP contribution in [-0.4, -0.2) is 14.4 Å². The van der Waals surface area contributed by atoms with Crippen LogP contribution in [0.3, 0.4) is 0 Å². The van der Waals surface area contributed by atoms with Crippen molar-refractivity contribution in [2.24, 2.45) is 0 Å². The van der Waals surface area contributed by atoms with Gasteiger partial charge in [0, 0.05) is 6.42 Å². The molecule has 0 bridgehead atoms. The van der Waals surface area contributed by atoms with Crippen molar-refractivity contribution < 1.29 is 4.43 Å². The fourth-order valence-corrected chi connectivity index (χ4v) is 4.78. The highest BCUT2D eigenvalue weighted by molar-refractivity contribution is 14.1. The smallest absolute Gasteiger partial charge is 0.193 e. The summed E-state index contributed by atoms with van der Waals surface area (Å²) in [5.74, 6) is 2.79. The van der Waals surface area contributed by atoms with Crippen LogP contribution in [0, 0.1) is 12.3 Å². The highest BCUT2D eigenvalue weighted by Crippen LogP contribution is 2.25. The van der Waals surface area contributed by atoms with E-state index in [9.17, 15) is 0 Å². The third-order valence-electron chi connectivity index (χ3n) is 3.20. The predicted octanol–water partition coefficient (Wildman–Crippen LogP) is 4.74. The topological polar surface area (TPSA) is 9.23 Å². The van der Waals surface area contributed by atoms with Crippen LogP contribution in [0.15, 0.2) is 9.66 Å². The van der Waals surface area contributed by atoms with E-state index in [0.717, 1.165) is 24.6 Å². The quantitative estimate of drug-likeness (QED) is 0.366. The van der Waals surface area contributed by atoms with Crippen LogP contribution in [0.5, 0.6) is 0 Å². The molecule has 0 fully saturated rings. The van der Waals surface area contributed by atoms with E-state index >= 15 is 0 Å². The number of terminal acetylenes is 1. The Morgan fingerprint density at radius 1 is 1.38 bits per heavy atom. The van der Waals surface area contributed by atoms with Gasteiger partial charge in [-0.3, -0.25) is 0 Å². The zero-order valence-electron chi connectivity index (χ0n) is 10.8. The van der Waals surface area contributed by atoms with Crippen LogP contribution in [0.25, 0.3) is 0 Å². The van der Waals surface area contributed by atoms with E-state index in [0.29, 0.717) is 0 Å². The maximum atomic E-state index is 6.27. The molecule has 16 heavy (non-hydrogen) atoms. The Kier molecular flexibility index (Phi) is 8.43. The average Bonchev–Trinajstić information content (AvgIpc) is 2.34. The number of halogens is 1. The second-order valence-corrected chi connectivity index (χ2v) is 9.52. The Morgan fingerprint density at radius 2 is 1.88 bits per heavy atom. The molecular formula is C13H23IOSi. The molecule has 0 spiro atoms. The molecule has 92 valence electrons. The summed E-state index contributed by atoms with van der Waals surface area (Å²) >= 11 is 2.25. The summed E-state index contributed by atoms with van der Waals surface area (Å²) in [6, 6.07) is 3.47. The van der Waals surface area contributed by atoms with Crippen LogP contribution in [0.4, 0.5) is 0 Å². The van der Waals surface area contributed by atoms with Gasteiger partial charge < -0.3 is 4.43 Å². The van der Waals surface area contributed by atoms with Crippen molar-refractivity contribution in [1.82, 2.24) is 0 Å². The summed E-state index contributed by atoms with van der Waals surface area (Å²) in [4.78, 5) is 0. The standard InChI is InChI=1S/C13H23IOSi/c1-6-13(10-12(5)11-14)15-16(7-2,8-3)9-4/h1,11,13H,7-10H2,2-5H3/t13-/m1/s1. The van der Waals surface area contributed by atoms with Gasteiger partial charge in [0.1, 0.15) is 6.10 Å². The van der Waals surface area contributed by atoms with Gasteiger partial charge in [-0.1, -0.05) is 54.9 Å². The lowest BCUT2D eigenvalue weighted by molar-refractivity contribution is 0.242. The monoisotopic (exact) mass is 350 g/mol. The molecule has 0 saturated heterocycles. The van der Waals surface area contributed by atoms with Crippen molar-refractivity contribution in [2.75, 3.05) is 0 Å². The molecule has 0 aromatic rings. The molecule has 1 atom stereocenters. The van der Waals surface area contributed by atoms with Crippen molar-refractivity contribution in [3.63, 3.8) is 0 Å². The molecular weight excluding hydrogens is 327 g/mol. The van der Waals surface area contributed by atoms with Gasteiger partial charge in [0.05, 0.1) is 0 Å². The Balaban J connectivity index is 4.57. The van der Waals surface area contributed by atoms with Gasteiger partial charge in [0.25, 0.3) is 0 Å². The highest BCUT2D eigenvalue weighted by Gasteiger charge is 2.31. The number of hydrogen-bond acceptors (Lipinski definition) is 1. The summed E-state index contributed by atoms with van der Waals surface area (Å²) in [5, 5.41) is 0. The Morgan fingerprint density at radius 3 is 2.19 bits per heavy atom.